The highest BCUT2D eigenvalue weighted by molar-refractivity contribution is 5.21. The van der Waals surface area contributed by atoms with Gasteiger partial charge in [0.15, 0.2) is 0 Å². The van der Waals surface area contributed by atoms with Crippen molar-refractivity contribution in [3.8, 4) is 0 Å². The summed E-state index contributed by atoms with van der Waals surface area (Å²) in [5, 5.41) is 0. The Morgan fingerprint density at radius 2 is 1.73 bits per heavy atom. The van der Waals surface area contributed by atoms with Crippen molar-refractivity contribution in [3.63, 3.8) is 0 Å². The van der Waals surface area contributed by atoms with Crippen molar-refractivity contribution in [2.45, 2.75) is 39.2 Å². The molecule has 0 bridgehead atoms. The van der Waals surface area contributed by atoms with E-state index in [1.807, 2.05) is 13.8 Å². The average Bonchev–Trinajstić information content (AvgIpc) is 2.63. The van der Waals surface area contributed by atoms with E-state index in [1.54, 1.807) is 0 Å². The number of rotatable bonds is 1. The summed E-state index contributed by atoms with van der Waals surface area (Å²) < 4.78 is 0. The van der Waals surface area contributed by atoms with Crippen LogP contribution in [-0.2, 0) is 0 Å². The van der Waals surface area contributed by atoms with Gasteiger partial charge in [0.2, 0.25) is 0 Å². The van der Waals surface area contributed by atoms with Crippen LogP contribution in [0.4, 0.5) is 0 Å². The summed E-state index contributed by atoms with van der Waals surface area (Å²) in [5.41, 5.74) is 1.50. The fourth-order valence-corrected chi connectivity index (χ4v) is 2.16. The fraction of sp³-hybridized carbons (Fsp3) is 0.571. The summed E-state index contributed by atoms with van der Waals surface area (Å²) in [6.07, 6.45) is 1.31. The molecule has 0 N–H and O–H groups in total. The van der Waals surface area contributed by atoms with Crippen molar-refractivity contribution in [3.05, 3.63) is 35.9 Å². The standard InChI is InChI=1S/C12H17N.C2H6/c1-10-8-12(9-13(10)2)11-6-4-3-5-7-11;1-2/h3-7,10,12H,8-9H2,1-2H3;1-2H3. The second-order valence-corrected chi connectivity index (χ2v) is 4.13. The Labute approximate surface area is 94.1 Å². The topological polar surface area (TPSA) is 3.24 Å². The zero-order valence-corrected chi connectivity index (χ0v) is 10.4. The molecule has 1 aliphatic heterocycles. The van der Waals surface area contributed by atoms with Crippen LogP contribution >= 0.6 is 0 Å². The lowest BCUT2D eigenvalue weighted by Gasteiger charge is -2.12. The number of hydrogen-bond donors (Lipinski definition) is 0. The Balaban J connectivity index is 0.000000531. The molecule has 0 aromatic heterocycles. The maximum Gasteiger partial charge on any atom is 0.00704 e. The molecule has 0 radical (unpaired) electrons. The Bertz CT molecular complexity index is 258. The van der Waals surface area contributed by atoms with Gasteiger partial charge in [0.05, 0.1) is 0 Å². The van der Waals surface area contributed by atoms with Gasteiger partial charge in [-0.1, -0.05) is 44.2 Å². The molecule has 1 aromatic carbocycles. The smallest absolute Gasteiger partial charge is 0.00704 e. The first-order valence-electron chi connectivity index (χ1n) is 6.02. The van der Waals surface area contributed by atoms with Gasteiger partial charge in [0.25, 0.3) is 0 Å². The van der Waals surface area contributed by atoms with Crippen molar-refractivity contribution in [1.29, 1.82) is 0 Å². The molecule has 84 valence electrons. The number of nitrogens with zero attached hydrogens (tertiary/aromatic N) is 1. The summed E-state index contributed by atoms with van der Waals surface area (Å²) in [7, 11) is 2.22. The van der Waals surface area contributed by atoms with Crippen molar-refractivity contribution in [2.75, 3.05) is 13.6 Å². The van der Waals surface area contributed by atoms with Crippen molar-refractivity contribution >= 4 is 0 Å². The maximum atomic E-state index is 2.44. The molecule has 2 atom stereocenters. The molecule has 15 heavy (non-hydrogen) atoms. The molecule has 0 aliphatic carbocycles. The lowest BCUT2D eigenvalue weighted by atomic mass is 9.97. The molecule has 1 aliphatic rings. The van der Waals surface area contributed by atoms with Gasteiger partial charge in [-0.2, -0.15) is 0 Å². The molecule has 1 saturated heterocycles. The highest BCUT2D eigenvalue weighted by atomic mass is 15.1. The molecule has 2 rings (SSSR count). The van der Waals surface area contributed by atoms with E-state index < -0.39 is 0 Å². The van der Waals surface area contributed by atoms with Crippen molar-refractivity contribution < 1.29 is 0 Å². The van der Waals surface area contributed by atoms with Crippen LogP contribution in [0.3, 0.4) is 0 Å². The number of likely N-dealkylation sites (N-methyl/N-ethyl adjacent to an activating group) is 1. The quantitative estimate of drug-likeness (QED) is 0.678. The first kappa shape index (κ1) is 12.3. The third-order valence-electron chi connectivity index (χ3n) is 3.16. The molecular formula is C14H23N. The zero-order chi connectivity index (χ0) is 11.3. The molecule has 0 amide bonds. The predicted molar refractivity (Wildman–Crippen MR) is 67.2 cm³/mol. The minimum Gasteiger partial charge on any atom is -0.303 e. The van der Waals surface area contributed by atoms with E-state index >= 15 is 0 Å². The summed E-state index contributed by atoms with van der Waals surface area (Å²) >= 11 is 0. The van der Waals surface area contributed by atoms with Gasteiger partial charge < -0.3 is 4.90 Å². The van der Waals surface area contributed by atoms with Gasteiger partial charge in [0, 0.05) is 12.6 Å². The number of likely N-dealkylation sites (tertiary alicyclic amines) is 1. The zero-order valence-electron chi connectivity index (χ0n) is 10.4. The van der Waals surface area contributed by atoms with Crippen LogP contribution in [0.2, 0.25) is 0 Å². The Kier molecular flexibility index (Phi) is 4.83. The molecule has 2 unspecified atom stereocenters. The van der Waals surface area contributed by atoms with E-state index in [4.69, 9.17) is 0 Å². The van der Waals surface area contributed by atoms with Crippen molar-refractivity contribution in [2.24, 2.45) is 0 Å². The Morgan fingerprint density at radius 1 is 1.13 bits per heavy atom. The second kappa shape index (κ2) is 5.92. The lowest BCUT2D eigenvalue weighted by molar-refractivity contribution is 0.329. The van der Waals surface area contributed by atoms with Crippen molar-refractivity contribution in [1.82, 2.24) is 4.90 Å². The van der Waals surface area contributed by atoms with Gasteiger partial charge in [0.1, 0.15) is 0 Å². The SMILES string of the molecule is CC.CC1CC(c2ccccc2)CN1C. The predicted octanol–water partition coefficient (Wildman–Crippen LogP) is 3.52. The first-order valence-corrected chi connectivity index (χ1v) is 6.02. The fourth-order valence-electron chi connectivity index (χ4n) is 2.16. The van der Waals surface area contributed by atoms with Gasteiger partial charge >= 0.3 is 0 Å². The van der Waals surface area contributed by atoms with Gasteiger partial charge in [-0.25, -0.2) is 0 Å². The normalized spacial score (nSPS) is 25.9. The van der Waals surface area contributed by atoms with Crippen LogP contribution in [0, 0.1) is 0 Å². The molecular weight excluding hydrogens is 182 g/mol. The maximum absolute atomic E-state index is 2.44. The number of hydrogen-bond acceptors (Lipinski definition) is 1. The highest BCUT2D eigenvalue weighted by Crippen LogP contribution is 2.29. The first-order chi connectivity index (χ1) is 7.27. The van der Waals surface area contributed by atoms with E-state index in [-0.39, 0.29) is 0 Å². The third-order valence-corrected chi connectivity index (χ3v) is 3.16. The summed E-state index contributed by atoms with van der Waals surface area (Å²) in [5.74, 6) is 0.751. The van der Waals surface area contributed by atoms with Crippen LogP contribution in [-0.4, -0.2) is 24.5 Å². The minimum atomic E-state index is 0.741. The van der Waals surface area contributed by atoms with Crippen LogP contribution in [0.1, 0.15) is 38.7 Å². The van der Waals surface area contributed by atoms with Crippen LogP contribution in [0.5, 0.6) is 0 Å². The Morgan fingerprint density at radius 3 is 2.20 bits per heavy atom. The molecule has 1 heteroatoms. The Hall–Kier alpha value is -0.820. The van der Waals surface area contributed by atoms with E-state index in [0.717, 1.165) is 12.0 Å². The average molecular weight is 205 g/mol. The van der Waals surface area contributed by atoms with Gasteiger partial charge in [-0.3, -0.25) is 0 Å². The second-order valence-electron chi connectivity index (χ2n) is 4.13. The largest absolute Gasteiger partial charge is 0.303 e. The van der Waals surface area contributed by atoms with Crippen LogP contribution in [0.15, 0.2) is 30.3 Å². The van der Waals surface area contributed by atoms with E-state index in [2.05, 4.69) is 49.2 Å². The molecule has 0 saturated carbocycles. The highest BCUT2D eigenvalue weighted by Gasteiger charge is 2.26. The van der Waals surface area contributed by atoms with Crippen LogP contribution < -0.4 is 0 Å². The third kappa shape index (κ3) is 3.07. The van der Waals surface area contributed by atoms with Gasteiger partial charge in [-0.05, 0) is 31.9 Å². The molecule has 1 heterocycles. The van der Waals surface area contributed by atoms with Gasteiger partial charge in [-0.15, -0.1) is 0 Å². The van der Waals surface area contributed by atoms with E-state index in [9.17, 15) is 0 Å². The monoisotopic (exact) mass is 205 g/mol. The molecule has 1 nitrogen and oxygen atoms in total. The van der Waals surface area contributed by atoms with Crippen LogP contribution in [0.25, 0.3) is 0 Å². The molecule has 1 fully saturated rings. The molecule has 1 aromatic rings. The summed E-state index contributed by atoms with van der Waals surface area (Å²) in [6, 6.07) is 11.6. The lowest BCUT2D eigenvalue weighted by Crippen LogP contribution is -2.21. The minimum absolute atomic E-state index is 0.741. The molecule has 0 spiro atoms. The summed E-state index contributed by atoms with van der Waals surface area (Å²) in [6.45, 7) is 7.52. The van der Waals surface area contributed by atoms with E-state index in [0.29, 0.717) is 0 Å². The number of benzene rings is 1. The summed E-state index contributed by atoms with van der Waals surface area (Å²) in [4.78, 5) is 2.44. The van der Waals surface area contributed by atoms with E-state index in [1.165, 1.54) is 18.5 Å².